The molecular weight excluding hydrogens is 408 g/mol. The lowest BCUT2D eigenvalue weighted by Crippen LogP contribution is -2.25. The van der Waals surface area contributed by atoms with Gasteiger partial charge in [-0.1, -0.05) is 36.4 Å². The number of amides is 2. The average Bonchev–Trinajstić information content (AvgIpc) is 3.12. The van der Waals surface area contributed by atoms with Crippen LogP contribution in [0.2, 0.25) is 0 Å². The number of methoxy groups -OCH3 is 2. The van der Waals surface area contributed by atoms with Gasteiger partial charge in [-0.2, -0.15) is 5.10 Å². The van der Waals surface area contributed by atoms with Gasteiger partial charge in [-0.15, -0.1) is 0 Å². The van der Waals surface area contributed by atoms with Gasteiger partial charge < -0.3 is 20.1 Å². The molecular formula is C24H24N4O4. The van der Waals surface area contributed by atoms with Crippen molar-refractivity contribution in [2.45, 2.75) is 12.3 Å². The summed E-state index contributed by atoms with van der Waals surface area (Å²) in [4.78, 5) is 25.0. The maximum absolute atomic E-state index is 12.7. The molecule has 8 heteroatoms. The van der Waals surface area contributed by atoms with Gasteiger partial charge >= 0.3 is 0 Å². The lowest BCUT2D eigenvalue weighted by Gasteiger charge is -2.24. The van der Waals surface area contributed by atoms with E-state index in [-0.39, 0.29) is 24.2 Å². The van der Waals surface area contributed by atoms with Crippen LogP contribution in [0.3, 0.4) is 0 Å². The first-order valence-electron chi connectivity index (χ1n) is 10.1. The zero-order valence-electron chi connectivity index (χ0n) is 18.1. The Morgan fingerprint density at radius 3 is 2.62 bits per heavy atom. The van der Waals surface area contributed by atoms with Crippen LogP contribution in [0.25, 0.3) is 6.08 Å². The van der Waals surface area contributed by atoms with E-state index in [1.807, 2.05) is 36.4 Å². The molecule has 1 aliphatic rings. The minimum absolute atomic E-state index is 0.0828. The van der Waals surface area contributed by atoms with Crippen molar-refractivity contribution < 1.29 is 19.1 Å². The van der Waals surface area contributed by atoms with Gasteiger partial charge in [0, 0.05) is 31.0 Å². The first-order valence-corrected chi connectivity index (χ1v) is 10.1. The highest BCUT2D eigenvalue weighted by Crippen LogP contribution is 2.41. The standard InChI is InChI=1S/C24H24N4O4/c1-28-24-22(17(14-21(30)26-24)16-7-5-4-6-8-16)23(27-28)25-20(29)12-10-15-9-11-18(31-2)19(13-15)32-3/h4-13,17H,14H2,1-3H3,(H,26,30)(H,25,27,29)/b12-10-/t17-/m1/s1. The van der Waals surface area contributed by atoms with Gasteiger partial charge in [0.05, 0.1) is 14.2 Å². The second kappa shape index (κ2) is 8.97. The van der Waals surface area contributed by atoms with E-state index in [0.717, 1.165) is 16.7 Å². The van der Waals surface area contributed by atoms with Crippen molar-refractivity contribution in [3.8, 4) is 11.5 Å². The quantitative estimate of drug-likeness (QED) is 0.581. The van der Waals surface area contributed by atoms with E-state index in [2.05, 4.69) is 15.7 Å². The zero-order chi connectivity index (χ0) is 22.7. The van der Waals surface area contributed by atoms with Crippen LogP contribution >= 0.6 is 0 Å². The first-order chi connectivity index (χ1) is 15.5. The molecule has 0 aliphatic carbocycles. The lowest BCUT2D eigenvalue weighted by atomic mass is 9.86. The maximum Gasteiger partial charge on any atom is 0.249 e. The number of rotatable bonds is 6. The summed E-state index contributed by atoms with van der Waals surface area (Å²) in [5.74, 6) is 1.61. The fraction of sp³-hybridized carbons (Fsp3) is 0.208. The van der Waals surface area contributed by atoms with E-state index in [4.69, 9.17) is 9.47 Å². The third-order valence-corrected chi connectivity index (χ3v) is 5.36. The summed E-state index contributed by atoms with van der Waals surface area (Å²) in [6.45, 7) is 0. The number of carbonyl (C=O) groups is 2. The molecule has 1 aromatic heterocycles. The topological polar surface area (TPSA) is 94.5 Å². The summed E-state index contributed by atoms with van der Waals surface area (Å²) in [6.07, 6.45) is 3.40. The van der Waals surface area contributed by atoms with Gasteiger partial charge in [0.1, 0.15) is 5.82 Å². The van der Waals surface area contributed by atoms with Gasteiger partial charge in [-0.05, 0) is 29.3 Å². The molecule has 3 aromatic rings. The molecule has 0 unspecified atom stereocenters. The summed E-state index contributed by atoms with van der Waals surface area (Å²) in [7, 11) is 4.87. The van der Waals surface area contributed by atoms with Crippen molar-refractivity contribution in [2.75, 3.05) is 24.9 Å². The Morgan fingerprint density at radius 1 is 1.16 bits per heavy atom. The largest absolute Gasteiger partial charge is 0.493 e. The Balaban J connectivity index is 1.59. The van der Waals surface area contributed by atoms with E-state index < -0.39 is 0 Å². The third kappa shape index (κ3) is 4.20. The van der Waals surface area contributed by atoms with Crippen LogP contribution in [0.4, 0.5) is 11.6 Å². The number of anilines is 2. The monoisotopic (exact) mass is 432 g/mol. The Kier molecular flexibility index (Phi) is 5.93. The number of nitrogens with one attached hydrogen (secondary N) is 2. The molecule has 32 heavy (non-hydrogen) atoms. The highest BCUT2D eigenvalue weighted by atomic mass is 16.5. The minimum Gasteiger partial charge on any atom is -0.493 e. The van der Waals surface area contributed by atoms with Crippen LogP contribution in [-0.4, -0.2) is 35.8 Å². The number of aryl methyl sites for hydroxylation is 1. The van der Waals surface area contributed by atoms with Crippen LogP contribution in [0.15, 0.2) is 54.6 Å². The Bertz CT molecular complexity index is 1180. The van der Waals surface area contributed by atoms with E-state index >= 15 is 0 Å². The molecule has 2 amide bonds. The maximum atomic E-state index is 12.7. The number of carbonyl (C=O) groups excluding carboxylic acids is 2. The normalized spacial score (nSPS) is 15.2. The first kappa shape index (κ1) is 21.2. The van der Waals surface area contributed by atoms with Gasteiger partial charge in [0.15, 0.2) is 17.3 Å². The Hall–Kier alpha value is -4.07. The molecule has 164 valence electrons. The molecule has 4 rings (SSSR count). The zero-order valence-corrected chi connectivity index (χ0v) is 18.1. The summed E-state index contributed by atoms with van der Waals surface area (Å²) in [5, 5.41) is 10.2. The number of fused-ring (bicyclic) bond motifs is 1. The van der Waals surface area contributed by atoms with Crippen molar-refractivity contribution in [1.29, 1.82) is 0 Å². The highest BCUT2D eigenvalue weighted by Gasteiger charge is 2.33. The second-order valence-corrected chi connectivity index (χ2v) is 7.39. The molecule has 1 aliphatic heterocycles. The van der Waals surface area contributed by atoms with E-state index in [0.29, 0.717) is 23.1 Å². The Labute approximate surface area is 185 Å². The molecule has 0 spiro atoms. The molecule has 8 nitrogen and oxygen atoms in total. The molecule has 0 fully saturated rings. The fourth-order valence-corrected chi connectivity index (χ4v) is 3.84. The number of ether oxygens (including phenoxy) is 2. The molecule has 0 radical (unpaired) electrons. The van der Waals surface area contributed by atoms with E-state index in [9.17, 15) is 9.59 Å². The predicted octanol–water partition coefficient (Wildman–Crippen LogP) is 3.56. The van der Waals surface area contributed by atoms with Gasteiger partial charge in [-0.25, -0.2) is 0 Å². The third-order valence-electron chi connectivity index (χ3n) is 5.36. The van der Waals surface area contributed by atoms with Crippen LogP contribution in [-0.2, 0) is 16.6 Å². The number of hydrogen-bond donors (Lipinski definition) is 2. The summed E-state index contributed by atoms with van der Waals surface area (Å²) >= 11 is 0. The van der Waals surface area contributed by atoms with E-state index in [1.54, 1.807) is 44.2 Å². The number of hydrogen-bond acceptors (Lipinski definition) is 5. The second-order valence-electron chi connectivity index (χ2n) is 7.39. The van der Waals surface area contributed by atoms with Crippen LogP contribution in [0.5, 0.6) is 11.5 Å². The van der Waals surface area contributed by atoms with E-state index in [1.165, 1.54) is 6.08 Å². The van der Waals surface area contributed by atoms with Crippen molar-refractivity contribution in [2.24, 2.45) is 7.05 Å². The molecule has 0 saturated carbocycles. The molecule has 1 atom stereocenters. The SMILES string of the molecule is COc1ccc(/C=C\C(=O)Nc2nn(C)c3c2[C@@H](c2ccccc2)CC(=O)N3)cc1OC. The minimum atomic E-state index is -0.329. The van der Waals surface area contributed by atoms with Gasteiger partial charge in [-0.3, -0.25) is 14.3 Å². The molecule has 0 saturated heterocycles. The van der Waals surface area contributed by atoms with Crippen molar-refractivity contribution in [3.63, 3.8) is 0 Å². The van der Waals surface area contributed by atoms with Crippen LogP contribution in [0, 0.1) is 0 Å². The van der Waals surface area contributed by atoms with Crippen molar-refractivity contribution in [3.05, 3.63) is 71.3 Å². The summed E-state index contributed by atoms with van der Waals surface area (Å²) in [5.41, 5.74) is 2.58. The molecule has 2 aromatic carbocycles. The number of nitrogens with zero attached hydrogens (tertiary/aromatic N) is 2. The average molecular weight is 432 g/mol. The molecule has 2 N–H and O–H groups in total. The highest BCUT2D eigenvalue weighted by molar-refractivity contribution is 6.03. The molecule has 2 heterocycles. The summed E-state index contributed by atoms with van der Waals surface area (Å²) in [6, 6.07) is 15.1. The Morgan fingerprint density at radius 2 is 1.91 bits per heavy atom. The van der Waals surface area contributed by atoms with Crippen molar-refractivity contribution in [1.82, 2.24) is 9.78 Å². The predicted molar refractivity (Wildman–Crippen MR) is 122 cm³/mol. The van der Waals surface area contributed by atoms with Crippen LogP contribution < -0.4 is 20.1 Å². The van der Waals surface area contributed by atoms with Gasteiger partial charge in [0.2, 0.25) is 11.8 Å². The number of aromatic nitrogens is 2. The molecule has 0 bridgehead atoms. The van der Waals surface area contributed by atoms with Crippen LogP contribution in [0.1, 0.15) is 29.0 Å². The smallest absolute Gasteiger partial charge is 0.249 e. The summed E-state index contributed by atoms with van der Waals surface area (Å²) < 4.78 is 12.1. The van der Waals surface area contributed by atoms with Gasteiger partial charge in [0.25, 0.3) is 0 Å². The number of benzene rings is 2. The lowest BCUT2D eigenvalue weighted by molar-refractivity contribution is -0.116. The fourth-order valence-electron chi connectivity index (χ4n) is 3.84. The van der Waals surface area contributed by atoms with Crippen molar-refractivity contribution >= 4 is 29.5 Å².